The zero-order valence-corrected chi connectivity index (χ0v) is 14.8. The van der Waals surface area contributed by atoms with Crippen LogP contribution < -0.4 is 0 Å². The van der Waals surface area contributed by atoms with Crippen LogP contribution in [0, 0.1) is 6.92 Å². The van der Waals surface area contributed by atoms with Gasteiger partial charge in [-0.25, -0.2) is 15.0 Å². The van der Waals surface area contributed by atoms with Gasteiger partial charge in [-0.05, 0) is 6.92 Å². The molecule has 0 unspecified atom stereocenters. The second kappa shape index (κ2) is 5.92. The molecule has 27 heavy (non-hydrogen) atoms. The van der Waals surface area contributed by atoms with Crippen molar-refractivity contribution in [3.63, 3.8) is 0 Å². The largest absolute Gasteiger partial charge is 0.360 e. The molecule has 0 bridgehead atoms. The van der Waals surface area contributed by atoms with Crippen molar-refractivity contribution in [2.45, 2.75) is 19.1 Å². The summed E-state index contributed by atoms with van der Waals surface area (Å²) in [6, 6.07) is 9.87. The number of hydrogen-bond donors (Lipinski definition) is 0. The fourth-order valence-corrected chi connectivity index (χ4v) is 3.56. The molecule has 0 atom stereocenters. The van der Waals surface area contributed by atoms with Gasteiger partial charge in [0.25, 0.3) is 5.91 Å². The summed E-state index contributed by atoms with van der Waals surface area (Å²) in [7, 11) is 0. The van der Waals surface area contributed by atoms with Gasteiger partial charge in [0.1, 0.15) is 11.3 Å². The Morgan fingerprint density at radius 2 is 1.89 bits per heavy atom. The van der Waals surface area contributed by atoms with E-state index in [2.05, 4.69) is 19.9 Å². The SMILES string of the molecule is Cc1cnc(C(=O)N2CC3(C2)OCc2nc(-c4ccccc4)ncc23)cn1. The first-order valence-electron chi connectivity index (χ1n) is 8.78. The lowest BCUT2D eigenvalue weighted by molar-refractivity contribution is -0.126. The van der Waals surface area contributed by atoms with Crippen molar-refractivity contribution >= 4 is 5.91 Å². The highest BCUT2D eigenvalue weighted by molar-refractivity contribution is 5.92. The number of nitrogens with zero attached hydrogens (tertiary/aromatic N) is 5. The van der Waals surface area contributed by atoms with E-state index >= 15 is 0 Å². The molecule has 2 aromatic heterocycles. The van der Waals surface area contributed by atoms with Gasteiger partial charge < -0.3 is 9.64 Å². The van der Waals surface area contributed by atoms with Crippen LogP contribution in [-0.4, -0.2) is 43.8 Å². The first-order chi connectivity index (χ1) is 13.1. The van der Waals surface area contributed by atoms with Gasteiger partial charge in [-0.1, -0.05) is 30.3 Å². The Hall–Kier alpha value is -3.19. The van der Waals surface area contributed by atoms with Crippen LogP contribution in [0.1, 0.15) is 27.4 Å². The van der Waals surface area contributed by atoms with Crippen molar-refractivity contribution in [3.8, 4) is 11.4 Å². The quantitative estimate of drug-likeness (QED) is 0.697. The maximum atomic E-state index is 12.6. The Balaban J connectivity index is 1.36. The number of rotatable bonds is 2. The molecule has 1 aromatic carbocycles. The minimum atomic E-state index is -0.502. The number of aromatic nitrogens is 4. The van der Waals surface area contributed by atoms with Crippen LogP contribution in [0.5, 0.6) is 0 Å². The van der Waals surface area contributed by atoms with Gasteiger partial charge in [-0.2, -0.15) is 0 Å². The third kappa shape index (κ3) is 2.59. The minimum absolute atomic E-state index is 0.132. The number of carbonyl (C=O) groups excluding carboxylic acids is 1. The number of aryl methyl sites for hydroxylation is 1. The molecule has 134 valence electrons. The molecule has 0 saturated carbocycles. The number of carbonyl (C=O) groups is 1. The third-order valence-electron chi connectivity index (χ3n) is 5.06. The summed E-state index contributed by atoms with van der Waals surface area (Å²) in [4.78, 5) is 31.8. The molecular weight excluding hydrogens is 342 g/mol. The monoisotopic (exact) mass is 359 g/mol. The molecule has 0 aliphatic carbocycles. The highest BCUT2D eigenvalue weighted by Crippen LogP contribution is 2.43. The van der Waals surface area contributed by atoms with Gasteiger partial charge in [-0.3, -0.25) is 9.78 Å². The second-order valence-corrected chi connectivity index (χ2v) is 6.91. The Bertz CT molecular complexity index is 1010. The van der Waals surface area contributed by atoms with Crippen molar-refractivity contribution < 1.29 is 9.53 Å². The van der Waals surface area contributed by atoms with Crippen molar-refractivity contribution in [2.24, 2.45) is 0 Å². The standard InChI is InChI=1S/C20H17N5O2/c1-13-7-22-16(9-21-13)19(26)25-11-20(12-25)15-8-23-18(24-17(15)10-27-20)14-5-3-2-4-6-14/h2-9H,10-12H2,1H3. The summed E-state index contributed by atoms with van der Waals surface area (Å²) >= 11 is 0. The molecule has 1 fully saturated rings. The van der Waals surface area contributed by atoms with Crippen LogP contribution in [-0.2, 0) is 16.9 Å². The van der Waals surface area contributed by atoms with E-state index < -0.39 is 5.60 Å². The van der Waals surface area contributed by atoms with E-state index in [1.54, 1.807) is 11.1 Å². The molecule has 1 amide bonds. The second-order valence-electron chi connectivity index (χ2n) is 6.91. The molecule has 1 spiro atoms. The lowest BCUT2D eigenvalue weighted by Crippen LogP contribution is -2.61. The molecule has 5 rings (SSSR count). The van der Waals surface area contributed by atoms with E-state index in [9.17, 15) is 4.79 Å². The van der Waals surface area contributed by atoms with Gasteiger partial charge in [0.2, 0.25) is 0 Å². The molecule has 2 aliphatic rings. The van der Waals surface area contributed by atoms with Gasteiger partial charge in [0.15, 0.2) is 5.82 Å². The van der Waals surface area contributed by atoms with Crippen LogP contribution in [0.4, 0.5) is 0 Å². The zero-order chi connectivity index (χ0) is 18.4. The maximum absolute atomic E-state index is 12.6. The van der Waals surface area contributed by atoms with Gasteiger partial charge in [-0.15, -0.1) is 0 Å². The summed E-state index contributed by atoms with van der Waals surface area (Å²) < 4.78 is 6.04. The summed E-state index contributed by atoms with van der Waals surface area (Å²) in [5.41, 5.74) is 3.48. The van der Waals surface area contributed by atoms with E-state index in [4.69, 9.17) is 4.74 Å². The van der Waals surface area contributed by atoms with E-state index in [0.717, 1.165) is 22.5 Å². The van der Waals surface area contributed by atoms with Gasteiger partial charge >= 0.3 is 0 Å². The molecule has 7 nitrogen and oxygen atoms in total. The Kier molecular flexibility index (Phi) is 3.51. The van der Waals surface area contributed by atoms with Crippen molar-refractivity contribution in [3.05, 3.63) is 71.6 Å². The summed E-state index contributed by atoms with van der Waals surface area (Å²) in [5, 5.41) is 0. The minimum Gasteiger partial charge on any atom is -0.360 e. The number of benzene rings is 1. The first kappa shape index (κ1) is 16.0. The third-order valence-corrected chi connectivity index (χ3v) is 5.06. The predicted molar refractivity (Wildman–Crippen MR) is 96.6 cm³/mol. The Morgan fingerprint density at radius 1 is 1.07 bits per heavy atom. The van der Waals surface area contributed by atoms with E-state index in [-0.39, 0.29) is 5.91 Å². The predicted octanol–water partition coefficient (Wildman–Crippen LogP) is 2.12. The molecule has 1 saturated heterocycles. The Morgan fingerprint density at radius 3 is 2.63 bits per heavy atom. The van der Waals surface area contributed by atoms with Crippen molar-refractivity contribution in [2.75, 3.05) is 13.1 Å². The fourth-order valence-electron chi connectivity index (χ4n) is 3.56. The van der Waals surface area contributed by atoms with E-state index in [1.807, 2.05) is 43.5 Å². The summed E-state index contributed by atoms with van der Waals surface area (Å²) in [5.74, 6) is 0.559. The molecule has 7 heteroatoms. The lowest BCUT2D eigenvalue weighted by atomic mass is 9.87. The average molecular weight is 359 g/mol. The number of amides is 1. The molecule has 0 N–H and O–H groups in total. The summed E-state index contributed by atoms with van der Waals surface area (Å²) in [6.45, 7) is 3.22. The highest BCUT2D eigenvalue weighted by Gasteiger charge is 2.52. The molecule has 3 aromatic rings. The topological polar surface area (TPSA) is 81.1 Å². The first-order valence-corrected chi connectivity index (χ1v) is 8.78. The number of likely N-dealkylation sites (tertiary alicyclic amines) is 1. The van der Waals surface area contributed by atoms with Gasteiger partial charge in [0.05, 0.1) is 37.3 Å². The highest BCUT2D eigenvalue weighted by atomic mass is 16.5. The molecular formula is C20H17N5O2. The zero-order valence-electron chi connectivity index (χ0n) is 14.8. The summed E-state index contributed by atoms with van der Waals surface area (Å²) in [6.07, 6.45) is 4.95. The van der Waals surface area contributed by atoms with Crippen molar-refractivity contribution in [1.82, 2.24) is 24.8 Å². The number of fused-ring (bicyclic) bond motifs is 2. The number of hydrogen-bond acceptors (Lipinski definition) is 6. The van der Waals surface area contributed by atoms with E-state index in [1.165, 1.54) is 6.20 Å². The maximum Gasteiger partial charge on any atom is 0.274 e. The van der Waals surface area contributed by atoms with Crippen LogP contribution in [0.2, 0.25) is 0 Å². The molecule has 0 radical (unpaired) electrons. The van der Waals surface area contributed by atoms with Crippen LogP contribution in [0.3, 0.4) is 0 Å². The lowest BCUT2D eigenvalue weighted by Gasteiger charge is -2.46. The van der Waals surface area contributed by atoms with Crippen molar-refractivity contribution in [1.29, 1.82) is 0 Å². The average Bonchev–Trinajstić information content (AvgIpc) is 3.06. The molecule has 4 heterocycles. The van der Waals surface area contributed by atoms with E-state index in [0.29, 0.717) is 31.2 Å². The normalized spacial score (nSPS) is 16.9. The number of ether oxygens (including phenoxy) is 1. The van der Waals surface area contributed by atoms with Crippen LogP contribution in [0.25, 0.3) is 11.4 Å². The fraction of sp³-hybridized carbons (Fsp3) is 0.250. The van der Waals surface area contributed by atoms with Gasteiger partial charge in [0, 0.05) is 23.5 Å². The molecule has 2 aliphatic heterocycles. The Labute approximate surface area is 156 Å². The van der Waals surface area contributed by atoms with Crippen LogP contribution in [0.15, 0.2) is 48.9 Å². The van der Waals surface area contributed by atoms with Crippen LogP contribution >= 0.6 is 0 Å². The smallest absolute Gasteiger partial charge is 0.274 e.